The SMILES string of the molecule is CCOC1OC(C(=O)NCc2ccccc2)=CC(c2cn(C(C)=O)c3ccccc23)C1CCOCCOCCO. The summed E-state index contributed by atoms with van der Waals surface area (Å²) in [6, 6.07) is 17.4. The largest absolute Gasteiger partial charge is 0.459 e. The summed E-state index contributed by atoms with van der Waals surface area (Å²) in [6.45, 7) is 5.63. The summed E-state index contributed by atoms with van der Waals surface area (Å²) in [5, 5.41) is 12.8. The van der Waals surface area contributed by atoms with E-state index in [4.69, 9.17) is 24.1 Å². The third kappa shape index (κ3) is 7.37. The number of hydrogen-bond donors (Lipinski definition) is 2. The van der Waals surface area contributed by atoms with Gasteiger partial charge >= 0.3 is 0 Å². The summed E-state index contributed by atoms with van der Waals surface area (Å²) in [5.41, 5.74) is 2.71. The molecule has 0 aliphatic carbocycles. The van der Waals surface area contributed by atoms with Crippen molar-refractivity contribution in [3.8, 4) is 0 Å². The number of amides is 1. The standard InChI is InChI=1S/C31H38N2O7/c1-3-39-31-25(13-15-37-17-18-38-16-14-34)26(27-21-33(22(2)35)28-12-8-7-11-24(27)28)19-29(40-31)30(36)32-20-23-9-5-4-6-10-23/h4-12,19,21,25-26,31,34H,3,13-18,20H2,1-2H3,(H,32,36). The van der Waals surface area contributed by atoms with Crippen molar-refractivity contribution in [2.75, 3.05) is 39.6 Å². The van der Waals surface area contributed by atoms with Gasteiger partial charge in [0.05, 0.1) is 31.9 Å². The van der Waals surface area contributed by atoms with Crippen LogP contribution in [-0.2, 0) is 30.3 Å². The Morgan fingerprint density at radius 2 is 1.73 bits per heavy atom. The van der Waals surface area contributed by atoms with Crippen LogP contribution in [0.15, 0.2) is 72.6 Å². The predicted molar refractivity (Wildman–Crippen MR) is 151 cm³/mol. The van der Waals surface area contributed by atoms with Crippen molar-refractivity contribution in [3.63, 3.8) is 0 Å². The van der Waals surface area contributed by atoms with Crippen molar-refractivity contribution in [2.45, 2.75) is 39.0 Å². The number of carbonyl (C=O) groups is 2. The number of fused-ring (bicyclic) bond motifs is 1. The van der Waals surface area contributed by atoms with E-state index in [1.54, 1.807) is 4.57 Å². The minimum atomic E-state index is -0.689. The van der Waals surface area contributed by atoms with Gasteiger partial charge in [-0.3, -0.25) is 14.2 Å². The number of aromatic nitrogens is 1. The molecule has 0 radical (unpaired) electrons. The van der Waals surface area contributed by atoms with Crippen LogP contribution in [0.2, 0.25) is 0 Å². The number of carbonyl (C=O) groups excluding carboxylic acids is 2. The summed E-state index contributed by atoms with van der Waals surface area (Å²) in [6.07, 6.45) is 3.60. The molecule has 2 N–H and O–H groups in total. The average Bonchev–Trinajstić information content (AvgIpc) is 3.36. The molecule has 2 heterocycles. The molecule has 40 heavy (non-hydrogen) atoms. The first-order chi connectivity index (χ1) is 19.5. The Morgan fingerprint density at radius 3 is 2.45 bits per heavy atom. The van der Waals surface area contributed by atoms with Gasteiger partial charge in [0, 0.05) is 50.1 Å². The number of rotatable bonds is 14. The zero-order chi connectivity index (χ0) is 28.3. The zero-order valence-corrected chi connectivity index (χ0v) is 23.1. The van der Waals surface area contributed by atoms with Gasteiger partial charge < -0.3 is 29.4 Å². The van der Waals surface area contributed by atoms with Crippen molar-refractivity contribution in [2.24, 2.45) is 5.92 Å². The molecule has 0 spiro atoms. The number of benzene rings is 2. The number of hydrogen-bond acceptors (Lipinski definition) is 7. The molecule has 4 rings (SSSR count). The topological polar surface area (TPSA) is 108 Å². The molecular formula is C31H38N2O7. The van der Waals surface area contributed by atoms with Crippen LogP contribution in [-0.4, -0.2) is 67.4 Å². The highest BCUT2D eigenvalue weighted by atomic mass is 16.7. The van der Waals surface area contributed by atoms with Gasteiger partial charge in [-0.25, -0.2) is 0 Å². The van der Waals surface area contributed by atoms with Gasteiger partial charge in [0.2, 0.25) is 12.2 Å². The number of allylic oxidation sites excluding steroid dienone is 1. The Morgan fingerprint density at radius 1 is 1.00 bits per heavy atom. The fraction of sp³-hybridized carbons (Fsp3) is 0.419. The Bertz CT molecular complexity index is 1290. The quantitative estimate of drug-likeness (QED) is 0.292. The van der Waals surface area contributed by atoms with Gasteiger partial charge in [-0.05, 0) is 36.6 Å². The average molecular weight is 551 g/mol. The van der Waals surface area contributed by atoms with Crippen LogP contribution in [0.25, 0.3) is 10.9 Å². The van der Waals surface area contributed by atoms with Gasteiger partial charge in [0.25, 0.3) is 5.91 Å². The van der Waals surface area contributed by atoms with E-state index in [0.29, 0.717) is 39.4 Å². The maximum atomic E-state index is 13.3. The number of nitrogens with one attached hydrogen (secondary N) is 1. The van der Waals surface area contributed by atoms with Gasteiger partial charge in [0.15, 0.2) is 5.76 Å². The van der Waals surface area contributed by atoms with Crippen LogP contribution < -0.4 is 5.32 Å². The van der Waals surface area contributed by atoms with Gasteiger partial charge in [-0.1, -0.05) is 48.5 Å². The highest BCUT2D eigenvalue weighted by Crippen LogP contribution is 2.42. The number of aliphatic hydroxyl groups excluding tert-OH is 1. The van der Waals surface area contributed by atoms with Crippen molar-refractivity contribution in [3.05, 3.63) is 83.8 Å². The number of para-hydroxylation sites is 1. The molecule has 3 atom stereocenters. The summed E-state index contributed by atoms with van der Waals surface area (Å²) < 4.78 is 24.9. The lowest BCUT2D eigenvalue weighted by Gasteiger charge is -2.36. The van der Waals surface area contributed by atoms with E-state index in [9.17, 15) is 9.59 Å². The summed E-state index contributed by atoms with van der Waals surface area (Å²) in [4.78, 5) is 25.8. The van der Waals surface area contributed by atoms with Gasteiger partial charge in [-0.2, -0.15) is 0 Å². The van der Waals surface area contributed by atoms with E-state index in [0.717, 1.165) is 22.0 Å². The van der Waals surface area contributed by atoms with E-state index in [2.05, 4.69) is 5.32 Å². The molecule has 1 aromatic heterocycles. The molecule has 214 valence electrons. The molecule has 3 unspecified atom stereocenters. The maximum Gasteiger partial charge on any atom is 0.286 e. The fourth-order valence-electron chi connectivity index (χ4n) is 5.00. The maximum absolute atomic E-state index is 13.3. The van der Waals surface area contributed by atoms with E-state index in [1.165, 1.54) is 6.92 Å². The highest BCUT2D eigenvalue weighted by molar-refractivity contribution is 5.95. The molecule has 0 saturated carbocycles. The lowest BCUT2D eigenvalue weighted by Crippen LogP contribution is -2.39. The van der Waals surface area contributed by atoms with Crippen LogP contribution in [0.5, 0.6) is 0 Å². The summed E-state index contributed by atoms with van der Waals surface area (Å²) in [5.74, 6) is -0.695. The molecule has 2 aromatic carbocycles. The fourth-order valence-corrected chi connectivity index (χ4v) is 5.00. The lowest BCUT2D eigenvalue weighted by atomic mass is 9.81. The second-order valence-corrected chi connectivity index (χ2v) is 9.56. The van der Waals surface area contributed by atoms with Gasteiger partial charge in [-0.15, -0.1) is 0 Å². The minimum absolute atomic E-state index is 0.0292. The monoisotopic (exact) mass is 550 g/mol. The normalized spacial score (nSPS) is 18.8. The van der Waals surface area contributed by atoms with Crippen molar-refractivity contribution in [1.29, 1.82) is 0 Å². The van der Waals surface area contributed by atoms with Crippen LogP contribution in [0.1, 0.15) is 42.1 Å². The molecule has 1 aliphatic rings. The van der Waals surface area contributed by atoms with Crippen molar-refractivity contribution < 1.29 is 33.6 Å². The summed E-state index contributed by atoms with van der Waals surface area (Å²) >= 11 is 0. The molecule has 1 aliphatic heterocycles. The van der Waals surface area contributed by atoms with Crippen molar-refractivity contribution in [1.82, 2.24) is 9.88 Å². The Labute approximate surface area is 234 Å². The zero-order valence-electron chi connectivity index (χ0n) is 23.1. The number of aliphatic hydroxyl groups is 1. The van der Waals surface area contributed by atoms with Gasteiger partial charge in [0.1, 0.15) is 0 Å². The number of nitrogens with zero attached hydrogens (tertiary/aromatic N) is 1. The Kier molecular flexibility index (Phi) is 10.9. The Balaban J connectivity index is 1.63. The second kappa shape index (κ2) is 14.8. The molecule has 0 fully saturated rings. The molecule has 1 amide bonds. The lowest BCUT2D eigenvalue weighted by molar-refractivity contribution is -0.168. The molecule has 9 nitrogen and oxygen atoms in total. The van der Waals surface area contributed by atoms with E-state index in [-0.39, 0.29) is 42.6 Å². The molecule has 9 heteroatoms. The Hall–Kier alpha value is -3.50. The van der Waals surface area contributed by atoms with E-state index < -0.39 is 6.29 Å². The van der Waals surface area contributed by atoms with Crippen LogP contribution in [0.3, 0.4) is 0 Å². The smallest absolute Gasteiger partial charge is 0.286 e. The van der Waals surface area contributed by atoms with Crippen molar-refractivity contribution >= 4 is 22.7 Å². The molecule has 0 saturated heterocycles. The molecular weight excluding hydrogens is 512 g/mol. The third-order valence-electron chi connectivity index (χ3n) is 6.88. The summed E-state index contributed by atoms with van der Waals surface area (Å²) in [7, 11) is 0. The first kappa shape index (κ1) is 29.5. The van der Waals surface area contributed by atoms with Crippen LogP contribution in [0.4, 0.5) is 0 Å². The van der Waals surface area contributed by atoms with E-state index in [1.807, 2.05) is 73.8 Å². The van der Waals surface area contributed by atoms with Crippen LogP contribution in [0, 0.1) is 5.92 Å². The predicted octanol–water partition coefficient (Wildman–Crippen LogP) is 4.01. The van der Waals surface area contributed by atoms with Crippen LogP contribution >= 0.6 is 0 Å². The minimum Gasteiger partial charge on any atom is -0.459 e. The number of ether oxygens (including phenoxy) is 4. The second-order valence-electron chi connectivity index (χ2n) is 9.56. The first-order valence-corrected chi connectivity index (χ1v) is 13.7. The first-order valence-electron chi connectivity index (χ1n) is 13.7. The van der Waals surface area contributed by atoms with E-state index >= 15 is 0 Å². The molecule has 0 bridgehead atoms. The third-order valence-corrected chi connectivity index (χ3v) is 6.88. The highest BCUT2D eigenvalue weighted by Gasteiger charge is 2.39. The molecule has 3 aromatic rings.